The molecule has 32 heavy (non-hydrogen) atoms. The van der Waals surface area contributed by atoms with Crippen LogP contribution in [0.25, 0.3) is 33.5 Å². The van der Waals surface area contributed by atoms with E-state index in [1.165, 1.54) is 5.56 Å². The molecular formula is C24H24N8. The topological polar surface area (TPSA) is 98.1 Å². The van der Waals surface area contributed by atoms with Crippen molar-refractivity contribution in [2.75, 3.05) is 0 Å². The maximum Gasteiger partial charge on any atom is 0.205 e. The smallest absolute Gasteiger partial charge is 0.205 e. The minimum atomic E-state index is 0.264. The molecule has 3 heterocycles. The summed E-state index contributed by atoms with van der Waals surface area (Å²) in [6.07, 6.45) is 0. The lowest BCUT2D eigenvalue weighted by Crippen LogP contribution is -2.09. The number of aryl methyl sites for hydroxylation is 2. The Bertz CT molecular complexity index is 1400. The summed E-state index contributed by atoms with van der Waals surface area (Å²) in [6.45, 7) is 8.97. The first-order valence-corrected chi connectivity index (χ1v) is 10.7. The zero-order valence-electron chi connectivity index (χ0n) is 18.5. The summed E-state index contributed by atoms with van der Waals surface area (Å²) >= 11 is 0. The number of nitrogens with zero attached hydrogens (tertiary/aromatic N) is 7. The van der Waals surface area contributed by atoms with Crippen LogP contribution in [0.1, 0.15) is 42.5 Å². The van der Waals surface area contributed by atoms with E-state index in [2.05, 4.69) is 79.6 Å². The van der Waals surface area contributed by atoms with Crippen molar-refractivity contribution in [2.24, 2.45) is 0 Å². The van der Waals surface area contributed by atoms with Gasteiger partial charge in [-0.3, -0.25) is 0 Å². The molecule has 0 aliphatic rings. The number of tetrazole rings is 1. The summed E-state index contributed by atoms with van der Waals surface area (Å²) in [5.41, 5.74) is 8.00. The predicted octanol–water partition coefficient (Wildman–Crippen LogP) is 4.46. The zero-order valence-corrected chi connectivity index (χ0v) is 18.5. The fourth-order valence-electron chi connectivity index (χ4n) is 4.21. The minimum absolute atomic E-state index is 0.264. The van der Waals surface area contributed by atoms with E-state index in [1.54, 1.807) is 0 Å². The van der Waals surface area contributed by atoms with Gasteiger partial charge in [0.15, 0.2) is 0 Å². The average Bonchev–Trinajstić information content (AvgIpc) is 3.46. The van der Waals surface area contributed by atoms with Crippen LogP contribution in [-0.2, 0) is 6.54 Å². The third-order valence-corrected chi connectivity index (χ3v) is 5.70. The Morgan fingerprint density at radius 3 is 2.25 bits per heavy atom. The van der Waals surface area contributed by atoms with Crippen LogP contribution in [0.3, 0.4) is 0 Å². The molecule has 5 rings (SSSR count). The van der Waals surface area contributed by atoms with E-state index in [0.29, 0.717) is 12.4 Å². The maximum atomic E-state index is 4.96. The largest absolute Gasteiger partial charge is 0.322 e. The van der Waals surface area contributed by atoms with E-state index < -0.39 is 0 Å². The molecule has 5 aromatic rings. The van der Waals surface area contributed by atoms with Crippen molar-refractivity contribution in [2.45, 2.75) is 40.2 Å². The number of rotatable bonds is 5. The third kappa shape index (κ3) is 3.33. The third-order valence-electron chi connectivity index (χ3n) is 5.70. The number of hydrogen-bond donors (Lipinski definition) is 1. The van der Waals surface area contributed by atoms with Crippen LogP contribution in [0.15, 0.2) is 48.5 Å². The van der Waals surface area contributed by atoms with Crippen LogP contribution in [0.4, 0.5) is 0 Å². The van der Waals surface area contributed by atoms with Crippen molar-refractivity contribution in [1.29, 1.82) is 0 Å². The van der Waals surface area contributed by atoms with Gasteiger partial charge in [0.2, 0.25) is 5.82 Å². The lowest BCUT2D eigenvalue weighted by Gasteiger charge is -2.16. The Kier molecular flexibility index (Phi) is 4.97. The predicted molar refractivity (Wildman–Crippen MR) is 123 cm³/mol. The number of aromatic nitrogens is 8. The Morgan fingerprint density at radius 1 is 0.844 bits per heavy atom. The van der Waals surface area contributed by atoms with E-state index in [9.17, 15) is 0 Å². The molecule has 0 fully saturated rings. The highest BCUT2D eigenvalue weighted by atomic mass is 15.5. The SMILES string of the molecule is Cc1nnc(C)c2c1nc(C(C)C)n2Cc1ccccc1-c1ccccc1-c1nn[nH]n1. The quantitative estimate of drug-likeness (QED) is 0.447. The van der Waals surface area contributed by atoms with Gasteiger partial charge in [0.25, 0.3) is 0 Å². The fraction of sp³-hybridized carbons (Fsp3) is 0.250. The van der Waals surface area contributed by atoms with Gasteiger partial charge < -0.3 is 4.57 Å². The van der Waals surface area contributed by atoms with Crippen molar-refractivity contribution < 1.29 is 0 Å². The van der Waals surface area contributed by atoms with Gasteiger partial charge in [-0.25, -0.2) is 4.98 Å². The van der Waals surface area contributed by atoms with Crippen LogP contribution in [0.2, 0.25) is 0 Å². The molecule has 0 amide bonds. The van der Waals surface area contributed by atoms with Crippen molar-refractivity contribution >= 4 is 11.0 Å². The highest BCUT2D eigenvalue weighted by molar-refractivity contribution is 5.83. The number of benzene rings is 2. The van der Waals surface area contributed by atoms with Crippen molar-refractivity contribution in [3.05, 3.63) is 71.3 Å². The normalized spacial score (nSPS) is 11.5. The van der Waals surface area contributed by atoms with Gasteiger partial charge in [-0.05, 0) is 35.8 Å². The van der Waals surface area contributed by atoms with Crippen LogP contribution >= 0.6 is 0 Å². The molecule has 0 radical (unpaired) electrons. The molecule has 0 atom stereocenters. The summed E-state index contributed by atoms with van der Waals surface area (Å²) in [6, 6.07) is 16.6. The first kappa shape index (κ1) is 20.0. The Labute approximate surface area is 185 Å². The first-order valence-electron chi connectivity index (χ1n) is 10.7. The average molecular weight is 425 g/mol. The van der Waals surface area contributed by atoms with Gasteiger partial charge >= 0.3 is 0 Å². The maximum absolute atomic E-state index is 4.96. The summed E-state index contributed by atoms with van der Waals surface area (Å²) in [4.78, 5) is 4.96. The Morgan fingerprint density at radius 2 is 1.53 bits per heavy atom. The van der Waals surface area contributed by atoms with Gasteiger partial charge in [0.1, 0.15) is 11.3 Å². The summed E-state index contributed by atoms with van der Waals surface area (Å²) < 4.78 is 2.28. The lowest BCUT2D eigenvalue weighted by atomic mass is 9.95. The first-order chi connectivity index (χ1) is 15.5. The highest BCUT2D eigenvalue weighted by Crippen LogP contribution is 2.34. The van der Waals surface area contributed by atoms with E-state index in [0.717, 1.165) is 44.9 Å². The van der Waals surface area contributed by atoms with Gasteiger partial charge in [0.05, 0.1) is 23.4 Å². The number of aromatic amines is 1. The molecule has 1 N–H and O–H groups in total. The molecule has 0 saturated heterocycles. The standard InChI is InChI=1S/C24H24N8/c1-14(2)24-25-21-15(3)26-27-16(4)22(21)32(24)13-17-9-5-6-10-18(17)19-11-7-8-12-20(19)23-28-30-31-29-23/h5-12,14H,13H2,1-4H3,(H,28,29,30,31). The van der Waals surface area contributed by atoms with Crippen molar-refractivity contribution in [3.8, 4) is 22.5 Å². The molecule has 3 aromatic heterocycles. The number of imidazole rings is 1. The highest BCUT2D eigenvalue weighted by Gasteiger charge is 2.20. The molecule has 0 saturated carbocycles. The summed E-state index contributed by atoms with van der Waals surface area (Å²) in [5, 5.41) is 23.3. The Balaban J connectivity index is 1.69. The second-order valence-corrected chi connectivity index (χ2v) is 8.22. The van der Waals surface area contributed by atoms with Crippen LogP contribution in [0, 0.1) is 13.8 Å². The second kappa shape index (κ2) is 7.96. The van der Waals surface area contributed by atoms with Crippen molar-refractivity contribution in [1.82, 2.24) is 40.4 Å². The van der Waals surface area contributed by atoms with Crippen LogP contribution < -0.4 is 0 Å². The van der Waals surface area contributed by atoms with E-state index >= 15 is 0 Å². The number of H-pyrrole nitrogens is 1. The molecule has 0 unspecified atom stereocenters. The van der Waals surface area contributed by atoms with E-state index in [-0.39, 0.29) is 5.92 Å². The van der Waals surface area contributed by atoms with Crippen LogP contribution in [0.5, 0.6) is 0 Å². The molecule has 2 aromatic carbocycles. The fourth-order valence-corrected chi connectivity index (χ4v) is 4.21. The van der Waals surface area contributed by atoms with Crippen molar-refractivity contribution in [3.63, 3.8) is 0 Å². The van der Waals surface area contributed by atoms with Gasteiger partial charge in [-0.1, -0.05) is 62.4 Å². The van der Waals surface area contributed by atoms with Gasteiger partial charge in [0, 0.05) is 11.5 Å². The molecule has 0 aliphatic carbocycles. The lowest BCUT2D eigenvalue weighted by molar-refractivity contribution is 0.682. The summed E-state index contributed by atoms with van der Waals surface area (Å²) in [5.74, 6) is 1.87. The molecule has 8 heteroatoms. The van der Waals surface area contributed by atoms with Crippen LogP contribution in [-0.4, -0.2) is 40.4 Å². The van der Waals surface area contributed by atoms with E-state index in [4.69, 9.17) is 4.98 Å². The Hall–Kier alpha value is -3.94. The van der Waals surface area contributed by atoms with E-state index in [1.807, 2.05) is 32.0 Å². The van der Waals surface area contributed by atoms with Gasteiger partial charge in [-0.2, -0.15) is 15.4 Å². The van der Waals surface area contributed by atoms with Gasteiger partial charge in [-0.15, -0.1) is 10.2 Å². The number of fused-ring (bicyclic) bond motifs is 1. The zero-order chi connectivity index (χ0) is 22.2. The molecule has 0 aliphatic heterocycles. The summed E-state index contributed by atoms with van der Waals surface area (Å²) in [7, 11) is 0. The second-order valence-electron chi connectivity index (χ2n) is 8.22. The molecule has 0 spiro atoms. The monoisotopic (exact) mass is 424 g/mol. The molecular weight excluding hydrogens is 400 g/mol. The molecule has 8 nitrogen and oxygen atoms in total. The number of hydrogen-bond acceptors (Lipinski definition) is 6. The molecule has 160 valence electrons. The minimum Gasteiger partial charge on any atom is -0.322 e. The number of nitrogens with one attached hydrogen (secondary N) is 1. The molecule has 0 bridgehead atoms.